The summed E-state index contributed by atoms with van der Waals surface area (Å²) in [5.74, 6) is 0.597. The zero-order valence-electron chi connectivity index (χ0n) is 11.0. The van der Waals surface area contributed by atoms with Crippen molar-refractivity contribution >= 4 is 27.0 Å². The summed E-state index contributed by atoms with van der Waals surface area (Å²) >= 11 is 1.23. The van der Waals surface area contributed by atoms with E-state index in [0.29, 0.717) is 24.4 Å². The van der Waals surface area contributed by atoms with Crippen LogP contribution in [0.5, 0.6) is 5.75 Å². The van der Waals surface area contributed by atoms with Gasteiger partial charge in [-0.25, -0.2) is 8.42 Å². The second kappa shape index (κ2) is 6.25. The van der Waals surface area contributed by atoms with Gasteiger partial charge in [-0.1, -0.05) is 6.07 Å². The van der Waals surface area contributed by atoms with Crippen LogP contribution in [0, 0.1) is 0 Å². The first-order chi connectivity index (χ1) is 9.55. The fourth-order valence-corrected chi connectivity index (χ4v) is 4.09. The predicted molar refractivity (Wildman–Crippen MR) is 80.9 cm³/mol. The Hall–Kier alpha value is -1.57. The molecule has 0 atom stereocenters. The molecule has 0 aliphatic rings. The second-order valence-electron chi connectivity index (χ2n) is 4.10. The number of thiophene rings is 1. The van der Waals surface area contributed by atoms with Crippen LogP contribution in [0.2, 0.25) is 0 Å². The number of methoxy groups -OCH3 is 1. The lowest BCUT2D eigenvalue weighted by Crippen LogP contribution is -2.11. The number of benzene rings is 1. The Balaban J connectivity index is 2.21. The molecule has 1 heterocycles. The number of anilines is 1. The summed E-state index contributed by atoms with van der Waals surface area (Å²) in [7, 11) is -2.03. The van der Waals surface area contributed by atoms with E-state index in [2.05, 4.69) is 4.72 Å². The van der Waals surface area contributed by atoms with Crippen LogP contribution in [0.4, 0.5) is 5.69 Å². The van der Waals surface area contributed by atoms with Crippen LogP contribution >= 0.6 is 11.3 Å². The molecule has 1 aromatic carbocycles. The first-order valence-electron chi connectivity index (χ1n) is 6.01. The second-order valence-corrected chi connectivity index (χ2v) is 7.17. The molecule has 0 saturated carbocycles. The average molecular weight is 312 g/mol. The molecule has 2 aromatic rings. The molecule has 0 saturated heterocycles. The number of ether oxygens (including phenoxy) is 1. The maximum absolute atomic E-state index is 12.2. The Morgan fingerprint density at radius 1 is 1.30 bits per heavy atom. The third-order valence-electron chi connectivity index (χ3n) is 2.61. The first kappa shape index (κ1) is 14.8. The van der Waals surface area contributed by atoms with Crippen LogP contribution in [-0.4, -0.2) is 22.1 Å². The largest absolute Gasteiger partial charge is 0.497 e. The van der Waals surface area contributed by atoms with Gasteiger partial charge in [0, 0.05) is 10.9 Å². The zero-order chi connectivity index (χ0) is 14.6. The van der Waals surface area contributed by atoms with Crippen LogP contribution in [-0.2, 0) is 16.4 Å². The molecule has 0 fully saturated rings. The van der Waals surface area contributed by atoms with E-state index in [9.17, 15) is 8.42 Å². The third kappa shape index (κ3) is 3.50. The van der Waals surface area contributed by atoms with Gasteiger partial charge in [0.2, 0.25) is 0 Å². The Kier molecular flexibility index (Phi) is 4.64. The highest BCUT2D eigenvalue weighted by atomic mass is 32.2. The summed E-state index contributed by atoms with van der Waals surface area (Å²) in [5.41, 5.74) is 5.93. The van der Waals surface area contributed by atoms with Crippen LogP contribution in [0.3, 0.4) is 0 Å². The Labute approximate surface area is 122 Å². The van der Waals surface area contributed by atoms with Crippen molar-refractivity contribution in [3.8, 4) is 5.75 Å². The summed E-state index contributed by atoms with van der Waals surface area (Å²) in [5, 5.41) is 0. The maximum atomic E-state index is 12.2. The Bertz CT molecular complexity index is 680. The summed E-state index contributed by atoms with van der Waals surface area (Å²) in [4.78, 5) is 0.957. The minimum Gasteiger partial charge on any atom is -0.497 e. The van der Waals surface area contributed by atoms with Crippen LogP contribution in [0.25, 0.3) is 0 Å². The van der Waals surface area contributed by atoms with Gasteiger partial charge >= 0.3 is 0 Å². The zero-order valence-corrected chi connectivity index (χ0v) is 12.6. The smallest absolute Gasteiger partial charge is 0.271 e. The molecule has 0 spiro atoms. The molecule has 108 valence electrons. The molecule has 0 bridgehead atoms. The fourth-order valence-electron chi connectivity index (χ4n) is 1.67. The molecule has 0 unspecified atom stereocenters. The highest BCUT2D eigenvalue weighted by Gasteiger charge is 2.17. The number of sulfonamides is 1. The molecule has 0 radical (unpaired) electrons. The van der Waals surface area contributed by atoms with Gasteiger partial charge in [0.25, 0.3) is 10.0 Å². The van der Waals surface area contributed by atoms with Gasteiger partial charge in [0.1, 0.15) is 9.96 Å². The van der Waals surface area contributed by atoms with Crippen molar-refractivity contribution in [1.29, 1.82) is 0 Å². The van der Waals surface area contributed by atoms with Crippen molar-refractivity contribution in [3.63, 3.8) is 0 Å². The molecular formula is C13H16N2O3S2. The minimum atomic E-state index is -3.56. The molecule has 2 rings (SSSR count). The van der Waals surface area contributed by atoms with Gasteiger partial charge in [-0.05, 0) is 37.2 Å². The number of hydrogen-bond donors (Lipinski definition) is 2. The van der Waals surface area contributed by atoms with Gasteiger partial charge < -0.3 is 10.5 Å². The van der Waals surface area contributed by atoms with E-state index >= 15 is 0 Å². The first-order valence-corrected chi connectivity index (χ1v) is 8.31. The van der Waals surface area contributed by atoms with Crippen molar-refractivity contribution in [2.45, 2.75) is 10.6 Å². The van der Waals surface area contributed by atoms with Crippen molar-refractivity contribution in [2.75, 3.05) is 18.4 Å². The molecule has 0 aliphatic heterocycles. The monoisotopic (exact) mass is 312 g/mol. The molecule has 7 heteroatoms. The van der Waals surface area contributed by atoms with Gasteiger partial charge in [-0.2, -0.15) is 0 Å². The van der Waals surface area contributed by atoms with E-state index in [1.807, 2.05) is 0 Å². The minimum absolute atomic E-state index is 0.281. The number of nitrogens with one attached hydrogen (secondary N) is 1. The quantitative estimate of drug-likeness (QED) is 0.855. The number of hydrogen-bond acceptors (Lipinski definition) is 5. The van der Waals surface area contributed by atoms with Gasteiger partial charge in [0.05, 0.1) is 12.8 Å². The molecule has 3 N–H and O–H groups in total. The molecule has 1 aromatic heterocycles. The summed E-state index contributed by atoms with van der Waals surface area (Å²) < 4.78 is 32.4. The topological polar surface area (TPSA) is 81.4 Å². The molecule has 5 nitrogen and oxygen atoms in total. The van der Waals surface area contributed by atoms with E-state index in [0.717, 1.165) is 4.88 Å². The van der Waals surface area contributed by atoms with Gasteiger partial charge in [-0.3, -0.25) is 4.72 Å². The standard InChI is InChI=1S/C13H16N2O3S2/c1-18-11-4-2-3-10(9-11)15-20(16,17)13-6-5-12(19-13)7-8-14/h2-6,9,15H,7-8,14H2,1H3. The van der Waals surface area contributed by atoms with Crippen molar-refractivity contribution in [1.82, 2.24) is 0 Å². The summed E-state index contributed by atoms with van der Waals surface area (Å²) in [6.07, 6.45) is 0.680. The van der Waals surface area contributed by atoms with Gasteiger partial charge in [0.15, 0.2) is 0 Å². The summed E-state index contributed by atoms with van der Waals surface area (Å²) in [6.45, 7) is 0.503. The van der Waals surface area contributed by atoms with Crippen LogP contribution in [0.1, 0.15) is 4.88 Å². The Morgan fingerprint density at radius 2 is 2.10 bits per heavy atom. The van der Waals surface area contributed by atoms with Crippen molar-refractivity contribution < 1.29 is 13.2 Å². The average Bonchev–Trinajstić information content (AvgIpc) is 2.88. The van der Waals surface area contributed by atoms with Gasteiger partial charge in [-0.15, -0.1) is 11.3 Å². The van der Waals surface area contributed by atoms with Crippen LogP contribution < -0.4 is 15.2 Å². The highest BCUT2D eigenvalue weighted by Crippen LogP contribution is 2.25. The van der Waals surface area contributed by atoms with Crippen LogP contribution in [0.15, 0.2) is 40.6 Å². The summed E-state index contributed by atoms with van der Waals surface area (Å²) in [6, 6.07) is 10.2. The lowest BCUT2D eigenvalue weighted by molar-refractivity contribution is 0.415. The predicted octanol–water partition coefficient (Wildman–Crippen LogP) is 2.06. The van der Waals surface area contributed by atoms with Crippen molar-refractivity contribution in [3.05, 3.63) is 41.3 Å². The van der Waals surface area contributed by atoms with E-state index in [-0.39, 0.29) is 4.21 Å². The SMILES string of the molecule is COc1cccc(NS(=O)(=O)c2ccc(CCN)s2)c1. The normalized spacial score (nSPS) is 11.3. The Morgan fingerprint density at radius 3 is 2.80 bits per heavy atom. The molecule has 0 aliphatic carbocycles. The maximum Gasteiger partial charge on any atom is 0.271 e. The molecule has 20 heavy (non-hydrogen) atoms. The highest BCUT2D eigenvalue weighted by molar-refractivity contribution is 7.94. The third-order valence-corrected chi connectivity index (χ3v) is 5.63. The fraction of sp³-hybridized carbons (Fsp3) is 0.231. The van der Waals surface area contributed by atoms with E-state index in [1.54, 1.807) is 36.4 Å². The van der Waals surface area contributed by atoms with Crippen molar-refractivity contribution in [2.24, 2.45) is 5.73 Å². The lowest BCUT2D eigenvalue weighted by atomic mass is 10.3. The molecule has 0 amide bonds. The van der Waals surface area contributed by atoms with E-state index in [4.69, 9.17) is 10.5 Å². The van der Waals surface area contributed by atoms with E-state index in [1.165, 1.54) is 18.4 Å². The van der Waals surface area contributed by atoms with E-state index < -0.39 is 10.0 Å². The number of nitrogens with two attached hydrogens (primary N) is 1. The number of rotatable bonds is 6. The lowest BCUT2D eigenvalue weighted by Gasteiger charge is -2.07. The molecular weight excluding hydrogens is 296 g/mol.